The normalized spacial score (nSPS) is 10.7. The molecule has 4 nitrogen and oxygen atoms in total. The molecular weight excluding hydrogens is 300 g/mol. The fourth-order valence-electron chi connectivity index (χ4n) is 2.63. The van der Waals surface area contributed by atoms with Crippen LogP contribution in [0.25, 0.3) is 0 Å². The standard InChI is InChI=1S/C20H26N2O2/c1-15-11-16(2)13-19(12-15)24-10-9-22(4)14-17-5-7-18(8-6-17)20(23)21-3/h5-8,11-13H,9-10,14H2,1-4H3,(H,21,23). The van der Waals surface area contributed by atoms with Crippen molar-refractivity contribution in [1.82, 2.24) is 10.2 Å². The van der Waals surface area contributed by atoms with Crippen LogP contribution >= 0.6 is 0 Å². The average molecular weight is 326 g/mol. The Morgan fingerprint density at radius 1 is 1.08 bits per heavy atom. The number of rotatable bonds is 7. The van der Waals surface area contributed by atoms with Crippen molar-refractivity contribution in [3.8, 4) is 5.75 Å². The Labute approximate surface area is 144 Å². The average Bonchev–Trinajstić information content (AvgIpc) is 2.54. The highest BCUT2D eigenvalue weighted by atomic mass is 16.5. The van der Waals surface area contributed by atoms with Crippen LogP contribution in [0.1, 0.15) is 27.0 Å². The summed E-state index contributed by atoms with van der Waals surface area (Å²) in [4.78, 5) is 13.7. The topological polar surface area (TPSA) is 41.6 Å². The molecule has 2 aromatic carbocycles. The SMILES string of the molecule is CNC(=O)c1ccc(CN(C)CCOc2cc(C)cc(C)c2)cc1. The summed E-state index contributed by atoms with van der Waals surface area (Å²) in [5.74, 6) is 0.868. The molecule has 0 fully saturated rings. The first kappa shape index (κ1) is 18.0. The molecule has 0 aliphatic heterocycles. The van der Waals surface area contributed by atoms with E-state index in [4.69, 9.17) is 4.74 Å². The number of ether oxygens (including phenoxy) is 1. The van der Waals surface area contributed by atoms with E-state index in [9.17, 15) is 4.79 Å². The summed E-state index contributed by atoms with van der Waals surface area (Å²) >= 11 is 0. The largest absolute Gasteiger partial charge is 0.492 e. The molecule has 0 heterocycles. The van der Waals surface area contributed by atoms with E-state index in [1.54, 1.807) is 7.05 Å². The molecule has 0 aliphatic rings. The van der Waals surface area contributed by atoms with Crippen LogP contribution in [-0.4, -0.2) is 38.1 Å². The molecule has 2 rings (SSSR count). The van der Waals surface area contributed by atoms with Crippen molar-refractivity contribution in [2.24, 2.45) is 0 Å². The number of carbonyl (C=O) groups excluding carboxylic acids is 1. The monoisotopic (exact) mass is 326 g/mol. The van der Waals surface area contributed by atoms with Crippen molar-refractivity contribution in [1.29, 1.82) is 0 Å². The first-order chi connectivity index (χ1) is 11.5. The minimum Gasteiger partial charge on any atom is -0.492 e. The molecule has 0 atom stereocenters. The zero-order valence-electron chi connectivity index (χ0n) is 14.9. The summed E-state index contributed by atoms with van der Waals surface area (Å²) in [6.07, 6.45) is 0. The second-order valence-electron chi connectivity index (χ2n) is 6.19. The van der Waals surface area contributed by atoms with Crippen molar-refractivity contribution in [2.75, 3.05) is 27.2 Å². The van der Waals surface area contributed by atoms with Crippen LogP contribution in [0.3, 0.4) is 0 Å². The molecule has 4 heteroatoms. The number of nitrogens with zero attached hydrogens (tertiary/aromatic N) is 1. The van der Waals surface area contributed by atoms with Gasteiger partial charge in [-0.05, 0) is 61.9 Å². The fourth-order valence-corrected chi connectivity index (χ4v) is 2.63. The summed E-state index contributed by atoms with van der Waals surface area (Å²) in [6.45, 7) is 6.47. The Morgan fingerprint density at radius 2 is 1.71 bits per heavy atom. The molecule has 1 N–H and O–H groups in total. The van der Waals surface area contributed by atoms with Gasteiger partial charge in [-0.25, -0.2) is 0 Å². The molecule has 0 saturated heterocycles. The van der Waals surface area contributed by atoms with Crippen molar-refractivity contribution in [2.45, 2.75) is 20.4 Å². The summed E-state index contributed by atoms with van der Waals surface area (Å²) in [6, 6.07) is 14.0. The first-order valence-electron chi connectivity index (χ1n) is 8.18. The molecule has 0 unspecified atom stereocenters. The van der Waals surface area contributed by atoms with Gasteiger partial charge in [0.2, 0.25) is 0 Å². The van der Waals surface area contributed by atoms with Crippen molar-refractivity contribution in [3.63, 3.8) is 0 Å². The number of benzene rings is 2. The summed E-state index contributed by atoms with van der Waals surface area (Å²) < 4.78 is 5.85. The van der Waals surface area contributed by atoms with Crippen LogP contribution in [0, 0.1) is 13.8 Å². The lowest BCUT2D eigenvalue weighted by Crippen LogP contribution is -2.24. The fraction of sp³-hybridized carbons (Fsp3) is 0.350. The van der Waals surface area contributed by atoms with Crippen LogP contribution in [0.4, 0.5) is 0 Å². The van der Waals surface area contributed by atoms with Crippen LogP contribution in [0.2, 0.25) is 0 Å². The predicted molar refractivity (Wildman–Crippen MR) is 97.6 cm³/mol. The molecule has 0 bridgehead atoms. The van der Waals surface area contributed by atoms with Gasteiger partial charge in [0, 0.05) is 25.7 Å². The van der Waals surface area contributed by atoms with Crippen molar-refractivity contribution >= 4 is 5.91 Å². The third-order valence-electron chi connectivity index (χ3n) is 3.83. The van der Waals surface area contributed by atoms with Gasteiger partial charge in [0.05, 0.1) is 0 Å². The zero-order chi connectivity index (χ0) is 17.5. The van der Waals surface area contributed by atoms with E-state index in [2.05, 4.69) is 49.3 Å². The lowest BCUT2D eigenvalue weighted by atomic mass is 10.1. The number of aryl methyl sites for hydroxylation is 2. The molecule has 0 spiro atoms. The van der Waals surface area contributed by atoms with Gasteiger partial charge in [-0.2, -0.15) is 0 Å². The Balaban J connectivity index is 1.80. The van der Waals surface area contributed by atoms with Crippen molar-refractivity contribution in [3.05, 3.63) is 64.7 Å². The quantitative estimate of drug-likeness (QED) is 0.850. The molecular formula is C20H26N2O2. The highest BCUT2D eigenvalue weighted by molar-refractivity contribution is 5.93. The molecule has 0 radical (unpaired) electrons. The van der Waals surface area contributed by atoms with Gasteiger partial charge in [0.1, 0.15) is 12.4 Å². The van der Waals surface area contributed by atoms with Gasteiger partial charge in [-0.1, -0.05) is 18.2 Å². The molecule has 0 aliphatic carbocycles. The predicted octanol–water partition coefficient (Wildman–Crippen LogP) is 3.17. The minimum absolute atomic E-state index is 0.0586. The van der Waals surface area contributed by atoms with Gasteiger partial charge in [-0.3, -0.25) is 9.69 Å². The lowest BCUT2D eigenvalue weighted by Gasteiger charge is -2.17. The van der Waals surface area contributed by atoms with Crippen LogP contribution in [0.15, 0.2) is 42.5 Å². The highest BCUT2D eigenvalue weighted by Crippen LogP contribution is 2.16. The second kappa shape index (κ2) is 8.50. The first-order valence-corrected chi connectivity index (χ1v) is 8.18. The van der Waals surface area contributed by atoms with Crippen molar-refractivity contribution < 1.29 is 9.53 Å². The van der Waals surface area contributed by atoms with Crippen LogP contribution in [0.5, 0.6) is 5.75 Å². The van der Waals surface area contributed by atoms with Crippen LogP contribution < -0.4 is 10.1 Å². The highest BCUT2D eigenvalue weighted by Gasteiger charge is 2.05. The van der Waals surface area contributed by atoms with E-state index >= 15 is 0 Å². The number of hydrogen-bond acceptors (Lipinski definition) is 3. The molecule has 128 valence electrons. The third kappa shape index (κ3) is 5.39. The van der Waals surface area contributed by atoms with Gasteiger partial charge in [-0.15, -0.1) is 0 Å². The third-order valence-corrected chi connectivity index (χ3v) is 3.83. The molecule has 0 aromatic heterocycles. The maximum absolute atomic E-state index is 11.5. The maximum Gasteiger partial charge on any atom is 0.251 e. The number of hydrogen-bond donors (Lipinski definition) is 1. The second-order valence-corrected chi connectivity index (χ2v) is 6.19. The number of carbonyl (C=O) groups is 1. The van der Waals surface area contributed by atoms with E-state index in [-0.39, 0.29) is 5.91 Å². The Morgan fingerprint density at radius 3 is 2.29 bits per heavy atom. The Hall–Kier alpha value is -2.33. The smallest absolute Gasteiger partial charge is 0.251 e. The summed E-state index contributed by atoms with van der Waals surface area (Å²) in [7, 11) is 3.71. The number of nitrogens with one attached hydrogen (secondary N) is 1. The zero-order valence-corrected chi connectivity index (χ0v) is 14.9. The maximum atomic E-state index is 11.5. The molecule has 1 amide bonds. The number of likely N-dealkylation sites (N-methyl/N-ethyl adjacent to an activating group) is 1. The number of amides is 1. The summed E-state index contributed by atoms with van der Waals surface area (Å²) in [5.41, 5.74) is 4.29. The van der Waals surface area contributed by atoms with E-state index in [1.165, 1.54) is 16.7 Å². The van der Waals surface area contributed by atoms with Gasteiger partial charge < -0.3 is 10.1 Å². The van der Waals surface area contributed by atoms with E-state index in [0.29, 0.717) is 12.2 Å². The van der Waals surface area contributed by atoms with Gasteiger partial charge >= 0.3 is 0 Å². The van der Waals surface area contributed by atoms with E-state index in [0.717, 1.165) is 18.8 Å². The molecule has 0 saturated carbocycles. The Bertz CT molecular complexity index is 660. The Kier molecular flexibility index (Phi) is 6.38. The summed E-state index contributed by atoms with van der Waals surface area (Å²) in [5, 5.41) is 2.63. The van der Waals surface area contributed by atoms with Crippen LogP contribution in [-0.2, 0) is 6.54 Å². The molecule has 24 heavy (non-hydrogen) atoms. The lowest BCUT2D eigenvalue weighted by molar-refractivity contribution is 0.0963. The van der Waals surface area contributed by atoms with Gasteiger partial charge in [0.15, 0.2) is 0 Å². The van der Waals surface area contributed by atoms with E-state index < -0.39 is 0 Å². The van der Waals surface area contributed by atoms with Gasteiger partial charge in [0.25, 0.3) is 5.91 Å². The van der Waals surface area contributed by atoms with E-state index in [1.807, 2.05) is 24.3 Å². The minimum atomic E-state index is -0.0586. The molecule has 2 aromatic rings.